The highest BCUT2D eigenvalue weighted by atomic mass is 32.2. The number of imidazole rings is 1. The molecule has 0 saturated carbocycles. The molecule has 0 atom stereocenters. The van der Waals surface area contributed by atoms with E-state index in [4.69, 9.17) is 0 Å². The maximum absolute atomic E-state index is 12.4. The molecular formula is C19H15N3O2S. The zero-order valence-corrected chi connectivity index (χ0v) is 14.1. The van der Waals surface area contributed by atoms with Crippen LogP contribution in [0.3, 0.4) is 0 Å². The fourth-order valence-corrected chi connectivity index (χ4v) is 3.75. The van der Waals surface area contributed by atoms with Crippen molar-refractivity contribution >= 4 is 23.6 Å². The lowest BCUT2D eigenvalue weighted by atomic mass is 10.1. The number of aromatic nitrogens is 2. The van der Waals surface area contributed by atoms with E-state index < -0.39 is 0 Å². The fourth-order valence-electron chi connectivity index (χ4n) is 2.85. The number of thioether (sulfide) groups is 1. The predicted octanol–water partition coefficient (Wildman–Crippen LogP) is 3.26. The first-order valence-corrected chi connectivity index (χ1v) is 8.91. The Morgan fingerprint density at radius 2 is 1.52 bits per heavy atom. The van der Waals surface area contributed by atoms with Gasteiger partial charge in [0.2, 0.25) is 0 Å². The van der Waals surface area contributed by atoms with Crippen LogP contribution < -0.4 is 0 Å². The van der Waals surface area contributed by atoms with Crippen molar-refractivity contribution in [3.05, 3.63) is 78.1 Å². The average Bonchev–Trinajstić information content (AvgIpc) is 3.22. The Bertz CT molecular complexity index is 902. The lowest BCUT2D eigenvalue weighted by molar-refractivity contribution is 0.0664. The number of benzene rings is 2. The van der Waals surface area contributed by atoms with Crippen LogP contribution in [0.15, 0.2) is 72.1 Å². The van der Waals surface area contributed by atoms with Crippen LogP contribution >= 0.6 is 11.8 Å². The highest BCUT2D eigenvalue weighted by molar-refractivity contribution is 7.99. The van der Waals surface area contributed by atoms with Gasteiger partial charge in [-0.1, -0.05) is 42.1 Å². The van der Waals surface area contributed by atoms with Gasteiger partial charge in [0.15, 0.2) is 5.16 Å². The lowest BCUT2D eigenvalue weighted by Gasteiger charge is -2.13. The Hall–Kier alpha value is -2.86. The molecule has 0 aliphatic carbocycles. The number of imide groups is 1. The second-order valence-electron chi connectivity index (χ2n) is 5.57. The van der Waals surface area contributed by atoms with Gasteiger partial charge in [0, 0.05) is 30.4 Å². The molecule has 2 aromatic carbocycles. The van der Waals surface area contributed by atoms with E-state index in [9.17, 15) is 9.59 Å². The highest BCUT2D eigenvalue weighted by Gasteiger charge is 2.34. The third-order valence-corrected chi connectivity index (χ3v) is 5.01. The van der Waals surface area contributed by atoms with Crippen molar-refractivity contribution in [2.75, 3.05) is 12.3 Å². The quantitative estimate of drug-likeness (QED) is 0.524. The molecule has 0 saturated heterocycles. The Balaban J connectivity index is 1.44. The van der Waals surface area contributed by atoms with E-state index >= 15 is 0 Å². The Kier molecular flexibility index (Phi) is 4.11. The van der Waals surface area contributed by atoms with Gasteiger partial charge in [-0.05, 0) is 24.3 Å². The van der Waals surface area contributed by atoms with Crippen molar-refractivity contribution in [2.24, 2.45) is 0 Å². The van der Waals surface area contributed by atoms with Gasteiger partial charge < -0.3 is 0 Å². The van der Waals surface area contributed by atoms with Crippen LogP contribution in [0.4, 0.5) is 0 Å². The lowest BCUT2D eigenvalue weighted by Crippen LogP contribution is -2.31. The summed E-state index contributed by atoms with van der Waals surface area (Å²) in [5, 5.41) is 0.836. The second-order valence-corrected chi connectivity index (χ2v) is 6.63. The number of fused-ring (bicyclic) bond motifs is 1. The van der Waals surface area contributed by atoms with E-state index in [1.807, 2.05) is 41.1 Å². The molecule has 3 aromatic rings. The van der Waals surface area contributed by atoms with Crippen LogP contribution in [0.2, 0.25) is 0 Å². The number of amides is 2. The zero-order valence-electron chi connectivity index (χ0n) is 13.3. The largest absolute Gasteiger partial charge is 0.295 e. The number of hydrogen-bond donors (Lipinski definition) is 0. The van der Waals surface area contributed by atoms with Gasteiger partial charge in [-0.3, -0.25) is 19.1 Å². The fraction of sp³-hybridized carbons (Fsp3) is 0.105. The van der Waals surface area contributed by atoms with Crippen molar-refractivity contribution in [1.29, 1.82) is 0 Å². The molecular weight excluding hydrogens is 334 g/mol. The summed E-state index contributed by atoms with van der Waals surface area (Å²) in [7, 11) is 0. The molecule has 1 aliphatic heterocycles. The summed E-state index contributed by atoms with van der Waals surface area (Å²) < 4.78 is 1.99. The smallest absolute Gasteiger partial charge is 0.261 e. The minimum absolute atomic E-state index is 0.215. The number of rotatable bonds is 5. The standard InChI is InChI=1S/C19H15N3O2S/c23-17-15-8-4-5-9-16(15)18(24)22(17)12-13-25-19-20-10-11-21(19)14-6-2-1-3-7-14/h1-11H,12-13H2. The maximum Gasteiger partial charge on any atom is 0.261 e. The summed E-state index contributed by atoms with van der Waals surface area (Å²) >= 11 is 1.52. The molecule has 6 heteroatoms. The number of hydrogen-bond acceptors (Lipinski definition) is 4. The molecule has 0 bridgehead atoms. The van der Waals surface area contributed by atoms with Crippen LogP contribution in [0.5, 0.6) is 0 Å². The molecule has 5 nitrogen and oxygen atoms in total. The number of nitrogens with zero attached hydrogens (tertiary/aromatic N) is 3. The Morgan fingerprint density at radius 3 is 2.20 bits per heavy atom. The number of carbonyl (C=O) groups excluding carboxylic acids is 2. The first kappa shape index (κ1) is 15.7. The van der Waals surface area contributed by atoms with E-state index in [0.717, 1.165) is 10.8 Å². The third-order valence-electron chi connectivity index (χ3n) is 4.07. The van der Waals surface area contributed by atoms with Crippen molar-refractivity contribution in [3.63, 3.8) is 0 Å². The molecule has 1 aliphatic rings. The van der Waals surface area contributed by atoms with Crippen LogP contribution in [0.25, 0.3) is 5.69 Å². The summed E-state index contributed by atoms with van der Waals surface area (Å²) in [6.07, 6.45) is 3.65. The second kappa shape index (κ2) is 6.57. The molecule has 0 fully saturated rings. The van der Waals surface area contributed by atoms with E-state index in [-0.39, 0.29) is 11.8 Å². The Labute approximate surface area is 149 Å². The van der Waals surface area contributed by atoms with Crippen LogP contribution in [0, 0.1) is 0 Å². The molecule has 124 valence electrons. The molecule has 0 radical (unpaired) electrons. The summed E-state index contributed by atoms with van der Waals surface area (Å²) in [5.41, 5.74) is 2.01. The van der Waals surface area contributed by atoms with Crippen LogP contribution in [-0.4, -0.2) is 38.6 Å². The summed E-state index contributed by atoms with van der Waals surface area (Å²) in [5.74, 6) is 0.162. The van der Waals surface area contributed by atoms with Gasteiger partial charge >= 0.3 is 0 Å². The molecule has 0 unspecified atom stereocenters. The maximum atomic E-state index is 12.4. The molecule has 2 amide bonds. The predicted molar refractivity (Wildman–Crippen MR) is 96.1 cm³/mol. The molecule has 1 aromatic heterocycles. The zero-order chi connectivity index (χ0) is 17.2. The minimum atomic E-state index is -0.215. The van der Waals surface area contributed by atoms with Crippen molar-refractivity contribution < 1.29 is 9.59 Å². The SMILES string of the molecule is O=C1c2ccccc2C(=O)N1CCSc1nccn1-c1ccccc1. The van der Waals surface area contributed by atoms with Gasteiger partial charge in [0.05, 0.1) is 11.1 Å². The van der Waals surface area contributed by atoms with Gasteiger partial charge in [0.25, 0.3) is 11.8 Å². The Morgan fingerprint density at radius 1 is 0.880 bits per heavy atom. The van der Waals surface area contributed by atoms with E-state index in [1.165, 1.54) is 16.7 Å². The van der Waals surface area contributed by atoms with E-state index in [2.05, 4.69) is 4.98 Å². The van der Waals surface area contributed by atoms with Gasteiger partial charge in [-0.2, -0.15) is 0 Å². The number of para-hydroxylation sites is 1. The van der Waals surface area contributed by atoms with Gasteiger partial charge in [0.1, 0.15) is 0 Å². The molecule has 4 rings (SSSR count). The first-order valence-electron chi connectivity index (χ1n) is 7.92. The average molecular weight is 349 g/mol. The molecule has 25 heavy (non-hydrogen) atoms. The summed E-state index contributed by atoms with van der Waals surface area (Å²) in [6, 6.07) is 16.9. The highest BCUT2D eigenvalue weighted by Crippen LogP contribution is 2.24. The van der Waals surface area contributed by atoms with Crippen LogP contribution in [-0.2, 0) is 0 Å². The molecule has 2 heterocycles. The number of carbonyl (C=O) groups is 2. The summed E-state index contributed by atoms with van der Waals surface area (Å²) in [6.45, 7) is 0.360. The monoisotopic (exact) mass is 349 g/mol. The van der Waals surface area contributed by atoms with Crippen molar-refractivity contribution in [3.8, 4) is 5.69 Å². The normalized spacial score (nSPS) is 13.4. The molecule has 0 spiro atoms. The van der Waals surface area contributed by atoms with Gasteiger partial charge in [-0.25, -0.2) is 4.98 Å². The summed E-state index contributed by atoms with van der Waals surface area (Å²) in [4.78, 5) is 30.4. The van der Waals surface area contributed by atoms with Gasteiger partial charge in [-0.15, -0.1) is 0 Å². The minimum Gasteiger partial charge on any atom is -0.295 e. The van der Waals surface area contributed by atoms with E-state index in [0.29, 0.717) is 23.4 Å². The first-order chi connectivity index (χ1) is 12.3. The van der Waals surface area contributed by atoms with Crippen molar-refractivity contribution in [1.82, 2.24) is 14.5 Å². The third kappa shape index (κ3) is 2.85. The molecule has 0 N–H and O–H groups in total. The van der Waals surface area contributed by atoms with Crippen LogP contribution in [0.1, 0.15) is 20.7 Å². The topological polar surface area (TPSA) is 55.2 Å². The van der Waals surface area contributed by atoms with E-state index in [1.54, 1.807) is 30.5 Å². The van der Waals surface area contributed by atoms with Crippen molar-refractivity contribution in [2.45, 2.75) is 5.16 Å².